The van der Waals surface area contributed by atoms with E-state index in [-0.39, 0.29) is 11.4 Å². The topological polar surface area (TPSA) is 29.6 Å². The van der Waals surface area contributed by atoms with Crippen LogP contribution in [0.2, 0.25) is 0 Å². The highest BCUT2D eigenvalue weighted by Gasteiger charge is 2.50. The van der Waals surface area contributed by atoms with Gasteiger partial charge < -0.3 is 9.53 Å². The van der Waals surface area contributed by atoms with Crippen LogP contribution in [0.3, 0.4) is 0 Å². The summed E-state index contributed by atoms with van der Waals surface area (Å²) in [6.07, 6.45) is 15.6. The average Bonchev–Trinajstić information content (AvgIpc) is 3.15. The van der Waals surface area contributed by atoms with Crippen molar-refractivity contribution in [3.8, 4) is 0 Å². The van der Waals surface area contributed by atoms with Crippen molar-refractivity contribution < 1.29 is 9.53 Å². The van der Waals surface area contributed by atoms with Gasteiger partial charge in [-0.1, -0.05) is 34.9 Å². The number of rotatable bonds is 12. The number of ether oxygens (including phenoxy) is 1. The van der Waals surface area contributed by atoms with Gasteiger partial charge in [0, 0.05) is 6.42 Å². The standard InChI is InChI=1S/C23H38O2/c1-18(2)10-7-11-19(3)13-9-17-23(6)22(25-23)16-15-20(4)12-8-14-21(5)24/h10,12-13,22H,7-9,11,14-17H2,1-6H3/b19-13+,20-12+. The lowest BCUT2D eigenvalue weighted by Gasteiger charge is -2.06. The zero-order valence-electron chi connectivity index (χ0n) is 17.3. The van der Waals surface area contributed by atoms with Gasteiger partial charge in [-0.25, -0.2) is 0 Å². The van der Waals surface area contributed by atoms with E-state index in [2.05, 4.69) is 52.8 Å². The van der Waals surface area contributed by atoms with E-state index in [0.717, 1.165) is 44.9 Å². The molecule has 0 N–H and O–H groups in total. The summed E-state index contributed by atoms with van der Waals surface area (Å²) in [4.78, 5) is 11.0. The molecule has 142 valence electrons. The molecule has 0 amide bonds. The molecule has 1 rings (SSSR count). The highest BCUT2D eigenvalue weighted by atomic mass is 16.6. The monoisotopic (exact) mass is 346 g/mol. The van der Waals surface area contributed by atoms with E-state index < -0.39 is 0 Å². The van der Waals surface area contributed by atoms with Crippen molar-refractivity contribution in [3.63, 3.8) is 0 Å². The minimum atomic E-state index is 0.0797. The van der Waals surface area contributed by atoms with E-state index in [1.807, 2.05) is 0 Å². The fourth-order valence-electron chi connectivity index (χ4n) is 3.15. The Morgan fingerprint density at radius 2 is 1.48 bits per heavy atom. The maximum atomic E-state index is 11.0. The number of allylic oxidation sites excluding steroid dienone is 6. The van der Waals surface area contributed by atoms with Crippen molar-refractivity contribution in [1.29, 1.82) is 0 Å². The molecule has 2 heteroatoms. The third kappa shape index (κ3) is 9.79. The number of carbonyl (C=O) groups excluding carboxylic acids is 1. The molecule has 0 bridgehead atoms. The van der Waals surface area contributed by atoms with Crippen LogP contribution in [-0.2, 0) is 9.53 Å². The van der Waals surface area contributed by atoms with Crippen molar-refractivity contribution in [2.45, 2.75) is 105 Å². The molecule has 2 nitrogen and oxygen atoms in total. The minimum Gasteiger partial charge on any atom is -0.366 e. The van der Waals surface area contributed by atoms with Crippen molar-refractivity contribution >= 4 is 5.78 Å². The van der Waals surface area contributed by atoms with Gasteiger partial charge in [-0.15, -0.1) is 0 Å². The minimum absolute atomic E-state index is 0.0797. The van der Waals surface area contributed by atoms with Gasteiger partial charge in [0.05, 0.1) is 11.7 Å². The summed E-state index contributed by atoms with van der Waals surface area (Å²) in [5.41, 5.74) is 4.35. The van der Waals surface area contributed by atoms with Crippen LogP contribution in [0.15, 0.2) is 34.9 Å². The maximum Gasteiger partial charge on any atom is 0.130 e. The molecule has 0 aromatic heterocycles. The molecule has 2 unspecified atom stereocenters. The number of hydrogen-bond acceptors (Lipinski definition) is 2. The Balaban J connectivity index is 2.22. The molecular weight excluding hydrogens is 308 g/mol. The second kappa shape index (κ2) is 10.8. The van der Waals surface area contributed by atoms with Crippen LogP contribution in [0.4, 0.5) is 0 Å². The summed E-state index contributed by atoms with van der Waals surface area (Å²) < 4.78 is 5.97. The first kappa shape index (κ1) is 21.9. The summed E-state index contributed by atoms with van der Waals surface area (Å²) in [7, 11) is 0. The zero-order chi connectivity index (χ0) is 18.9. The van der Waals surface area contributed by atoms with Gasteiger partial charge in [-0.05, 0) is 86.5 Å². The molecule has 1 aliphatic rings. The number of hydrogen-bond donors (Lipinski definition) is 0. The fourth-order valence-corrected chi connectivity index (χ4v) is 3.15. The molecular formula is C23H38O2. The van der Waals surface area contributed by atoms with Crippen LogP contribution in [0, 0.1) is 0 Å². The third-order valence-corrected chi connectivity index (χ3v) is 5.05. The summed E-state index contributed by atoms with van der Waals surface area (Å²) in [6, 6.07) is 0. The summed E-state index contributed by atoms with van der Waals surface area (Å²) in [5, 5.41) is 0. The Morgan fingerprint density at radius 3 is 2.12 bits per heavy atom. The number of carbonyl (C=O) groups is 1. The van der Waals surface area contributed by atoms with Gasteiger partial charge in [-0.3, -0.25) is 0 Å². The van der Waals surface area contributed by atoms with Crippen molar-refractivity contribution in [2.24, 2.45) is 0 Å². The van der Waals surface area contributed by atoms with Crippen LogP contribution >= 0.6 is 0 Å². The predicted octanol–water partition coefficient (Wildman–Crippen LogP) is 6.71. The number of ketones is 1. The highest BCUT2D eigenvalue weighted by molar-refractivity contribution is 5.75. The number of Topliss-reactive ketones (excluding diaryl/α,β-unsaturated/α-hetero) is 1. The predicted molar refractivity (Wildman–Crippen MR) is 108 cm³/mol. The van der Waals surface area contributed by atoms with Gasteiger partial charge in [0.2, 0.25) is 0 Å². The van der Waals surface area contributed by atoms with Crippen molar-refractivity contribution in [1.82, 2.24) is 0 Å². The molecule has 0 aromatic rings. The Kier molecular flexibility index (Phi) is 9.42. The van der Waals surface area contributed by atoms with Gasteiger partial charge in [0.25, 0.3) is 0 Å². The van der Waals surface area contributed by atoms with Gasteiger partial charge in [-0.2, -0.15) is 0 Å². The molecule has 0 spiro atoms. The van der Waals surface area contributed by atoms with E-state index in [1.165, 1.54) is 16.7 Å². The molecule has 0 saturated carbocycles. The van der Waals surface area contributed by atoms with Gasteiger partial charge in [0.1, 0.15) is 5.78 Å². The van der Waals surface area contributed by atoms with Crippen LogP contribution in [0.5, 0.6) is 0 Å². The van der Waals surface area contributed by atoms with E-state index in [1.54, 1.807) is 6.92 Å². The third-order valence-electron chi connectivity index (χ3n) is 5.05. The molecule has 0 radical (unpaired) electrons. The van der Waals surface area contributed by atoms with Crippen LogP contribution in [0.25, 0.3) is 0 Å². The SMILES string of the molecule is CC(=O)CC/C=C(\C)CCC1OC1(C)CC/C=C(\C)CCC=C(C)C. The molecule has 1 saturated heterocycles. The van der Waals surface area contributed by atoms with Crippen LogP contribution in [-0.4, -0.2) is 17.5 Å². The van der Waals surface area contributed by atoms with Crippen molar-refractivity contribution in [2.75, 3.05) is 0 Å². The number of epoxide rings is 1. The van der Waals surface area contributed by atoms with Crippen LogP contribution < -0.4 is 0 Å². The smallest absolute Gasteiger partial charge is 0.130 e. The molecule has 1 fully saturated rings. The van der Waals surface area contributed by atoms with Crippen molar-refractivity contribution in [3.05, 3.63) is 34.9 Å². The molecule has 0 aromatic carbocycles. The van der Waals surface area contributed by atoms with Gasteiger partial charge >= 0.3 is 0 Å². The molecule has 2 atom stereocenters. The summed E-state index contributed by atoms with van der Waals surface area (Å²) >= 11 is 0. The lowest BCUT2D eigenvalue weighted by molar-refractivity contribution is -0.116. The Morgan fingerprint density at radius 1 is 0.880 bits per heavy atom. The Bertz CT molecular complexity index is 520. The normalized spacial score (nSPS) is 23.5. The van der Waals surface area contributed by atoms with Crippen LogP contribution in [0.1, 0.15) is 92.9 Å². The molecule has 1 aliphatic heterocycles. The van der Waals surface area contributed by atoms with E-state index in [4.69, 9.17) is 4.74 Å². The lowest BCUT2D eigenvalue weighted by atomic mass is 9.96. The maximum absolute atomic E-state index is 11.0. The first-order chi connectivity index (χ1) is 11.7. The summed E-state index contributed by atoms with van der Waals surface area (Å²) in [5.74, 6) is 0.270. The van der Waals surface area contributed by atoms with Gasteiger partial charge in [0.15, 0.2) is 0 Å². The second-order valence-electron chi connectivity index (χ2n) is 8.16. The average molecular weight is 347 g/mol. The second-order valence-corrected chi connectivity index (χ2v) is 8.16. The Hall–Kier alpha value is -1.15. The highest BCUT2D eigenvalue weighted by Crippen LogP contribution is 2.43. The largest absolute Gasteiger partial charge is 0.366 e. The first-order valence-corrected chi connectivity index (χ1v) is 9.85. The quantitative estimate of drug-likeness (QED) is 0.290. The fraction of sp³-hybridized carbons (Fsp3) is 0.696. The zero-order valence-corrected chi connectivity index (χ0v) is 17.3. The Labute approximate surface area is 155 Å². The summed E-state index contributed by atoms with van der Waals surface area (Å²) in [6.45, 7) is 12.6. The first-order valence-electron chi connectivity index (χ1n) is 9.85. The van der Waals surface area contributed by atoms with E-state index in [9.17, 15) is 4.79 Å². The lowest BCUT2D eigenvalue weighted by Crippen LogP contribution is -2.09. The van der Waals surface area contributed by atoms with E-state index >= 15 is 0 Å². The molecule has 25 heavy (non-hydrogen) atoms. The molecule has 1 heterocycles. The van der Waals surface area contributed by atoms with E-state index in [0.29, 0.717) is 12.5 Å². The molecule has 0 aliphatic carbocycles.